The predicted octanol–water partition coefficient (Wildman–Crippen LogP) is 0.109. The Morgan fingerprint density at radius 2 is 2.00 bits per heavy atom. The van der Waals surface area contributed by atoms with Crippen LogP contribution in [0.25, 0.3) is 0 Å². The van der Waals surface area contributed by atoms with Gasteiger partial charge in [0, 0.05) is 0 Å². The van der Waals surface area contributed by atoms with E-state index in [1.54, 1.807) is 0 Å². The van der Waals surface area contributed by atoms with Crippen molar-refractivity contribution in [2.24, 2.45) is 0 Å². The van der Waals surface area contributed by atoms with Crippen molar-refractivity contribution in [2.45, 2.75) is 6.55 Å². The van der Waals surface area contributed by atoms with E-state index in [1.807, 2.05) is 6.55 Å². The van der Waals surface area contributed by atoms with Crippen LogP contribution in [-0.2, 0) is 8.85 Å². The lowest BCUT2D eigenvalue weighted by Crippen LogP contribution is -2.31. The van der Waals surface area contributed by atoms with Crippen LogP contribution in [0, 0.1) is 0 Å². The van der Waals surface area contributed by atoms with Crippen LogP contribution in [0.4, 0.5) is 0 Å². The summed E-state index contributed by atoms with van der Waals surface area (Å²) in [4.78, 5) is 0. The lowest BCUT2D eigenvalue weighted by molar-refractivity contribution is -0.00865. The van der Waals surface area contributed by atoms with Crippen molar-refractivity contribution >= 4 is 9.28 Å². The minimum atomic E-state index is -0.693. The molecule has 1 aliphatic heterocycles. The summed E-state index contributed by atoms with van der Waals surface area (Å²) in [6.45, 7) is 2.50. The van der Waals surface area contributed by atoms with Crippen molar-refractivity contribution in [2.75, 3.05) is 6.79 Å². The Labute approximate surface area is 32.5 Å². The first kappa shape index (κ1) is 3.33. The van der Waals surface area contributed by atoms with Crippen LogP contribution in [-0.4, -0.2) is 16.1 Å². The summed E-state index contributed by atoms with van der Waals surface area (Å²) in [5.41, 5.74) is 0. The highest BCUT2D eigenvalue weighted by Gasteiger charge is 2.15. The molecule has 0 spiro atoms. The van der Waals surface area contributed by atoms with E-state index in [0.29, 0.717) is 6.79 Å². The Bertz CT molecular complexity index is 34.6. The molecule has 0 amide bonds. The molecule has 0 aromatic heterocycles. The summed E-state index contributed by atoms with van der Waals surface area (Å²) in [6, 6.07) is 0. The summed E-state index contributed by atoms with van der Waals surface area (Å²) in [7, 11) is -0.693. The fraction of sp³-hybridized carbons (Fsp3) is 1.00. The van der Waals surface area contributed by atoms with E-state index >= 15 is 0 Å². The topological polar surface area (TPSA) is 18.5 Å². The monoisotopic (exact) mass is 89.0 g/mol. The highest BCUT2D eigenvalue weighted by molar-refractivity contribution is 6.44. The molecule has 0 bridgehead atoms. The first-order valence-electron chi connectivity index (χ1n) is 1.49. The van der Waals surface area contributed by atoms with Gasteiger partial charge in [-0.1, -0.05) is 0 Å². The van der Waals surface area contributed by atoms with Gasteiger partial charge >= 0.3 is 9.28 Å². The first-order chi connectivity index (χ1) is 2.39. The van der Waals surface area contributed by atoms with E-state index in [4.69, 9.17) is 8.85 Å². The van der Waals surface area contributed by atoms with Gasteiger partial charge in [-0.05, 0) is 6.55 Å². The Hall–Kier alpha value is 0.137. The SMILES string of the molecule is C[Si]1OCO1. The van der Waals surface area contributed by atoms with E-state index in [9.17, 15) is 0 Å². The van der Waals surface area contributed by atoms with Crippen molar-refractivity contribution in [1.29, 1.82) is 0 Å². The lowest BCUT2D eigenvalue weighted by Gasteiger charge is -2.18. The van der Waals surface area contributed by atoms with Crippen LogP contribution in [0.2, 0.25) is 6.55 Å². The summed E-state index contributed by atoms with van der Waals surface area (Å²) in [5.74, 6) is 0. The zero-order chi connectivity index (χ0) is 3.70. The average Bonchev–Trinajstić information content (AvgIpc) is 1.30. The number of hydrogen-bond donors (Lipinski definition) is 0. The average molecular weight is 89.1 g/mol. The summed E-state index contributed by atoms with van der Waals surface area (Å²) in [5, 5.41) is 0. The van der Waals surface area contributed by atoms with Gasteiger partial charge in [-0.3, -0.25) is 0 Å². The van der Waals surface area contributed by atoms with Crippen molar-refractivity contribution in [3.8, 4) is 0 Å². The molecule has 0 N–H and O–H groups in total. The second kappa shape index (κ2) is 1.08. The summed E-state index contributed by atoms with van der Waals surface area (Å²) < 4.78 is 9.62. The molecule has 0 unspecified atom stereocenters. The molecule has 2 nitrogen and oxygen atoms in total. The Kier molecular flexibility index (Phi) is 0.720. The van der Waals surface area contributed by atoms with E-state index in [2.05, 4.69) is 0 Å². The minimum Gasteiger partial charge on any atom is -0.370 e. The van der Waals surface area contributed by atoms with Crippen LogP contribution in [0.5, 0.6) is 0 Å². The number of rotatable bonds is 0. The highest BCUT2D eigenvalue weighted by atomic mass is 28.3. The molecular formula is C2H5O2Si. The van der Waals surface area contributed by atoms with Crippen molar-refractivity contribution in [1.82, 2.24) is 0 Å². The zero-order valence-electron chi connectivity index (χ0n) is 3.02. The maximum atomic E-state index is 4.81. The van der Waals surface area contributed by atoms with Crippen LogP contribution in [0.15, 0.2) is 0 Å². The molecule has 1 aliphatic rings. The van der Waals surface area contributed by atoms with E-state index in [0.717, 1.165) is 0 Å². The van der Waals surface area contributed by atoms with E-state index in [1.165, 1.54) is 0 Å². The third kappa shape index (κ3) is 0.502. The van der Waals surface area contributed by atoms with Gasteiger partial charge in [0.25, 0.3) is 0 Å². The summed E-state index contributed by atoms with van der Waals surface area (Å²) in [6.07, 6.45) is 0. The van der Waals surface area contributed by atoms with Gasteiger partial charge in [0.1, 0.15) is 6.79 Å². The third-order valence-corrected chi connectivity index (χ3v) is 1.57. The minimum absolute atomic E-state index is 0.533. The third-order valence-electron chi connectivity index (χ3n) is 0.524. The molecule has 0 atom stereocenters. The molecule has 1 saturated heterocycles. The smallest absolute Gasteiger partial charge is 0.370 e. The maximum Gasteiger partial charge on any atom is 0.384 e. The molecule has 1 radical (unpaired) electrons. The zero-order valence-corrected chi connectivity index (χ0v) is 4.02. The predicted molar refractivity (Wildman–Crippen MR) is 18.7 cm³/mol. The normalized spacial score (nSPS) is 25.8. The van der Waals surface area contributed by atoms with Crippen molar-refractivity contribution in [3.63, 3.8) is 0 Å². The molecule has 1 fully saturated rings. The van der Waals surface area contributed by atoms with Gasteiger partial charge < -0.3 is 8.85 Å². The van der Waals surface area contributed by atoms with Gasteiger partial charge in [-0.15, -0.1) is 0 Å². The molecule has 0 aromatic rings. The first-order valence-corrected chi connectivity index (χ1v) is 3.30. The fourth-order valence-corrected chi connectivity index (χ4v) is 0.530. The molecule has 0 aromatic carbocycles. The van der Waals surface area contributed by atoms with Gasteiger partial charge in [0.05, 0.1) is 0 Å². The molecule has 1 heterocycles. The van der Waals surface area contributed by atoms with Crippen LogP contribution in [0.1, 0.15) is 0 Å². The Morgan fingerprint density at radius 1 is 1.60 bits per heavy atom. The molecule has 1 rings (SSSR count). The van der Waals surface area contributed by atoms with Gasteiger partial charge in [0.2, 0.25) is 0 Å². The van der Waals surface area contributed by atoms with Crippen LogP contribution >= 0.6 is 0 Å². The second-order valence-corrected chi connectivity index (χ2v) is 2.46. The van der Waals surface area contributed by atoms with Gasteiger partial charge in [-0.25, -0.2) is 0 Å². The maximum absolute atomic E-state index is 4.81. The Morgan fingerprint density at radius 3 is 2.00 bits per heavy atom. The van der Waals surface area contributed by atoms with Crippen molar-refractivity contribution in [3.05, 3.63) is 0 Å². The van der Waals surface area contributed by atoms with Crippen LogP contribution in [0.3, 0.4) is 0 Å². The molecule has 5 heavy (non-hydrogen) atoms. The summed E-state index contributed by atoms with van der Waals surface area (Å²) >= 11 is 0. The lowest BCUT2D eigenvalue weighted by atomic mass is 11.5. The molecule has 29 valence electrons. The molecule has 3 heteroatoms. The standard InChI is InChI=1S/C2H5O2Si/c1-5-3-2-4-5/h2H2,1H3. The highest BCUT2D eigenvalue weighted by Crippen LogP contribution is 1.97. The van der Waals surface area contributed by atoms with E-state index in [-0.39, 0.29) is 0 Å². The van der Waals surface area contributed by atoms with Gasteiger partial charge in [0.15, 0.2) is 0 Å². The molecule has 0 aliphatic carbocycles. The van der Waals surface area contributed by atoms with E-state index < -0.39 is 9.28 Å². The largest absolute Gasteiger partial charge is 0.384 e. The molecular weight excluding hydrogens is 84.1 g/mol. The quantitative estimate of drug-likeness (QED) is 0.392. The van der Waals surface area contributed by atoms with Gasteiger partial charge in [-0.2, -0.15) is 0 Å². The molecule has 0 saturated carbocycles. The Balaban J connectivity index is 2.08. The fourth-order valence-electron chi connectivity index (χ4n) is 0.177. The van der Waals surface area contributed by atoms with Crippen molar-refractivity contribution < 1.29 is 8.85 Å². The number of hydrogen-bond acceptors (Lipinski definition) is 2. The van der Waals surface area contributed by atoms with Crippen LogP contribution < -0.4 is 0 Å². The second-order valence-electron chi connectivity index (χ2n) is 0.898.